The zero-order chi connectivity index (χ0) is 19.5. The Morgan fingerprint density at radius 3 is 2.86 bits per heavy atom. The first-order chi connectivity index (χ1) is 13.6. The highest BCUT2D eigenvalue weighted by molar-refractivity contribution is 9.10. The molecule has 144 valence electrons. The number of amides is 1. The number of aromatic nitrogens is 2. The van der Waals surface area contributed by atoms with Crippen molar-refractivity contribution in [2.45, 2.75) is 6.42 Å². The number of anilines is 1. The van der Waals surface area contributed by atoms with E-state index in [2.05, 4.69) is 43.4 Å². The lowest BCUT2D eigenvalue weighted by atomic mass is 10.1. The largest absolute Gasteiger partial charge is 0.371 e. The first-order valence-corrected chi connectivity index (χ1v) is 10.3. The van der Waals surface area contributed by atoms with Crippen LogP contribution in [0.1, 0.15) is 16.8 Å². The average Bonchev–Trinajstić information content (AvgIpc) is 3.36. The van der Waals surface area contributed by atoms with Gasteiger partial charge in [0.1, 0.15) is 0 Å². The van der Waals surface area contributed by atoms with Crippen LogP contribution in [0.2, 0.25) is 5.02 Å². The van der Waals surface area contributed by atoms with Crippen molar-refractivity contribution >= 4 is 39.1 Å². The molecule has 1 unspecified atom stereocenters. The molecule has 5 nitrogen and oxygen atoms in total. The van der Waals surface area contributed by atoms with Crippen LogP contribution in [0, 0.1) is 5.92 Å². The van der Waals surface area contributed by atoms with Gasteiger partial charge in [-0.15, -0.1) is 0 Å². The predicted molar refractivity (Wildman–Crippen MR) is 115 cm³/mol. The van der Waals surface area contributed by atoms with Gasteiger partial charge in [0.2, 0.25) is 0 Å². The number of halogens is 2. The predicted octanol–water partition coefficient (Wildman–Crippen LogP) is 4.54. The molecule has 4 rings (SSSR count). The van der Waals surface area contributed by atoms with Crippen LogP contribution >= 0.6 is 27.5 Å². The summed E-state index contributed by atoms with van der Waals surface area (Å²) in [6.45, 7) is 2.61. The van der Waals surface area contributed by atoms with Crippen molar-refractivity contribution in [1.29, 1.82) is 0 Å². The SMILES string of the molecule is O=C(NCC1CCN(c2cccc(Br)c2)C1)c1cnn(-c2cccc(Cl)c2)c1. The number of carbonyl (C=O) groups excluding carboxylic acids is 1. The normalized spacial score (nSPS) is 16.4. The van der Waals surface area contributed by atoms with E-state index in [4.69, 9.17) is 11.6 Å². The second kappa shape index (κ2) is 8.37. The average molecular weight is 460 g/mol. The Hall–Kier alpha value is -2.31. The van der Waals surface area contributed by atoms with Gasteiger partial charge in [0.15, 0.2) is 0 Å². The first-order valence-electron chi connectivity index (χ1n) is 9.18. The molecule has 1 fully saturated rings. The van der Waals surface area contributed by atoms with Gasteiger partial charge >= 0.3 is 0 Å². The van der Waals surface area contributed by atoms with Gasteiger partial charge in [0.25, 0.3) is 5.91 Å². The van der Waals surface area contributed by atoms with Gasteiger partial charge in [-0.2, -0.15) is 5.10 Å². The number of rotatable bonds is 5. The van der Waals surface area contributed by atoms with Crippen molar-refractivity contribution in [3.63, 3.8) is 0 Å². The molecule has 28 heavy (non-hydrogen) atoms. The maximum absolute atomic E-state index is 12.5. The minimum atomic E-state index is -0.103. The molecule has 1 aliphatic heterocycles. The summed E-state index contributed by atoms with van der Waals surface area (Å²) < 4.78 is 2.74. The Balaban J connectivity index is 1.33. The molecule has 0 saturated carbocycles. The molecule has 7 heteroatoms. The van der Waals surface area contributed by atoms with Gasteiger partial charge in [0.05, 0.1) is 17.4 Å². The van der Waals surface area contributed by atoms with Crippen LogP contribution in [0.5, 0.6) is 0 Å². The topological polar surface area (TPSA) is 50.2 Å². The van der Waals surface area contributed by atoms with Crippen LogP contribution in [0.3, 0.4) is 0 Å². The Morgan fingerprint density at radius 1 is 1.21 bits per heavy atom. The first kappa shape index (κ1) is 19.0. The molecule has 1 aromatic heterocycles. The third-order valence-corrected chi connectivity index (χ3v) is 5.66. The molecule has 0 spiro atoms. The Labute approximate surface area is 177 Å². The van der Waals surface area contributed by atoms with E-state index in [-0.39, 0.29) is 5.91 Å². The minimum absolute atomic E-state index is 0.103. The molecular weight excluding hydrogens is 440 g/mol. The van der Waals surface area contributed by atoms with Crippen LogP contribution in [-0.2, 0) is 0 Å². The smallest absolute Gasteiger partial charge is 0.254 e. The molecule has 1 saturated heterocycles. The molecule has 1 N–H and O–H groups in total. The molecule has 2 heterocycles. The van der Waals surface area contributed by atoms with E-state index in [1.165, 1.54) is 5.69 Å². The van der Waals surface area contributed by atoms with Gasteiger partial charge < -0.3 is 10.2 Å². The second-order valence-electron chi connectivity index (χ2n) is 6.94. The second-order valence-corrected chi connectivity index (χ2v) is 8.30. The molecular formula is C21H20BrClN4O. The lowest BCUT2D eigenvalue weighted by Crippen LogP contribution is -2.30. The monoisotopic (exact) mass is 458 g/mol. The Kier molecular flexibility index (Phi) is 5.69. The Morgan fingerprint density at radius 2 is 2.04 bits per heavy atom. The summed E-state index contributed by atoms with van der Waals surface area (Å²) in [7, 11) is 0. The summed E-state index contributed by atoms with van der Waals surface area (Å²) in [6, 6.07) is 15.7. The number of benzene rings is 2. The molecule has 3 aromatic rings. The lowest BCUT2D eigenvalue weighted by Gasteiger charge is -2.19. The quantitative estimate of drug-likeness (QED) is 0.609. The van der Waals surface area contributed by atoms with Crippen molar-refractivity contribution in [2.75, 3.05) is 24.5 Å². The van der Waals surface area contributed by atoms with Gasteiger partial charge in [-0.3, -0.25) is 4.79 Å². The fourth-order valence-corrected chi connectivity index (χ4v) is 4.02. The number of nitrogens with zero attached hydrogens (tertiary/aromatic N) is 3. The summed E-state index contributed by atoms with van der Waals surface area (Å²) in [6.07, 6.45) is 4.37. The third-order valence-electron chi connectivity index (χ3n) is 4.93. The van der Waals surface area contributed by atoms with Gasteiger partial charge in [-0.25, -0.2) is 4.68 Å². The van der Waals surface area contributed by atoms with Crippen molar-refractivity contribution in [3.8, 4) is 5.69 Å². The van der Waals surface area contributed by atoms with Crippen molar-refractivity contribution in [1.82, 2.24) is 15.1 Å². The van der Waals surface area contributed by atoms with E-state index in [0.717, 1.165) is 29.7 Å². The highest BCUT2D eigenvalue weighted by Crippen LogP contribution is 2.26. The molecule has 1 aliphatic rings. The zero-order valence-corrected chi connectivity index (χ0v) is 17.5. The maximum atomic E-state index is 12.5. The number of hydrogen-bond acceptors (Lipinski definition) is 3. The number of hydrogen-bond donors (Lipinski definition) is 1. The number of carbonyl (C=O) groups is 1. The van der Waals surface area contributed by atoms with Gasteiger partial charge in [0, 0.05) is 41.0 Å². The van der Waals surface area contributed by atoms with E-state index in [9.17, 15) is 4.79 Å². The van der Waals surface area contributed by atoms with Crippen LogP contribution in [0.25, 0.3) is 5.69 Å². The Bertz CT molecular complexity index is 990. The zero-order valence-electron chi connectivity index (χ0n) is 15.2. The van der Waals surface area contributed by atoms with Crippen molar-refractivity contribution in [2.24, 2.45) is 5.92 Å². The number of nitrogens with one attached hydrogen (secondary N) is 1. The van der Waals surface area contributed by atoms with Crippen molar-refractivity contribution < 1.29 is 4.79 Å². The fourth-order valence-electron chi connectivity index (χ4n) is 3.45. The van der Waals surface area contributed by atoms with E-state index < -0.39 is 0 Å². The highest BCUT2D eigenvalue weighted by Gasteiger charge is 2.23. The summed E-state index contributed by atoms with van der Waals surface area (Å²) in [5.41, 5.74) is 2.58. The van der Waals surface area contributed by atoms with Crippen LogP contribution in [0.15, 0.2) is 65.4 Å². The van der Waals surface area contributed by atoms with E-state index in [1.807, 2.05) is 30.3 Å². The lowest BCUT2D eigenvalue weighted by molar-refractivity contribution is 0.0948. The van der Waals surface area contributed by atoms with Crippen LogP contribution in [0.4, 0.5) is 5.69 Å². The molecule has 1 amide bonds. The summed E-state index contributed by atoms with van der Waals surface area (Å²) in [5.74, 6) is 0.333. The minimum Gasteiger partial charge on any atom is -0.371 e. The molecule has 0 aliphatic carbocycles. The third kappa shape index (κ3) is 4.39. The van der Waals surface area contributed by atoms with Crippen LogP contribution in [-0.4, -0.2) is 35.3 Å². The van der Waals surface area contributed by atoms with E-state index in [0.29, 0.717) is 23.0 Å². The van der Waals surface area contributed by atoms with Crippen molar-refractivity contribution in [3.05, 3.63) is 76.0 Å². The maximum Gasteiger partial charge on any atom is 0.254 e. The highest BCUT2D eigenvalue weighted by atomic mass is 79.9. The molecule has 2 aromatic carbocycles. The molecule has 1 atom stereocenters. The summed E-state index contributed by atoms with van der Waals surface area (Å²) >= 11 is 9.55. The standard InChI is InChI=1S/C21H20BrClN4O/c22-17-3-1-5-19(9-17)26-8-7-15(13-26)11-24-21(28)16-12-25-27(14-16)20-6-2-4-18(23)10-20/h1-6,9-10,12,14-15H,7-8,11,13H2,(H,24,28). The molecule has 0 bridgehead atoms. The summed E-state index contributed by atoms with van der Waals surface area (Å²) in [5, 5.41) is 7.95. The molecule has 0 radical (unpaired) electrons. The fraction of sp³-hybridized carbons (Fsp3) is 0.238. The van der Waals surface area contributed by atoms with E-state index >= 15 is 0 Å². The van der Waals surface area contributed by atoms with Gasteiger partial charge in [-0.1, -0.05) is 39.7 Å². The van der Waals surface area contributed by atoms with Crippen LogP contribution < -0.4 is 10.2 Å². The van der Waals surface area contributed by atoms with Gasteiger partial charge in [-0.05, 0) is 48.7 Å². The van der Waals surface area contributed by atoms with E-state index in [1.54, 1.807) is 23.1 Å². The summed E-state index contributed by atoms with van der Waals surface area (Å²) in [4.78, 5) is 14.9.